The zero-order valence-corrected chi connectivity index (χ0v) is 11.7. The Morgan fingerprint density at radius 3 is 2.45 bits per heavy atom. The number of nitrogens with one attached hydrogen (secondary N) is 1. The lowest BCUT2D eigenvalue weighted by atomic mass is 10.1. The average Bonchev–Trinajstić information content (AvgIpc) is 2.43. The van der Waals surface area contributed by atoms with E-state index < -0.39 is 5.82 Å². The van der Waals surface area contributed by atoms with E-state index in [9.17, 15) is 8.78 Å². The summed E-state index contributed by atoms with van der Waals surface area (Å²) in [5.74, 6) is -0.449. The molecule has 0 aromatic heterocycles. The molecule has 0 aliphatic carbocycles. The second-order valence-electron chi connectivity index (χ2n) is 4.72. The predicted molar refractivity (Wildman–Crippen MR) is 76.1 cm³/mol. The molecule has 2 nitrogen and oxygen atoms in total. The molecule has 2 aromatic rings. The minimum Gasteiger partial charge on any atom is -0.494 e. The van der Waals surface area contributed by atoms with Crippen LogP contribution in [-0.4, -0.2) is 7.11 Å². The molecule has 0 saturated carbocycles. The van der Waals surface area contributed by atoms with Crippen molar-refractivity contribution in [3.8, 4) is 5.75 Å². The molecule has 0 saturated heterocycles. The van der Waals surface area contributed by atoms with Crippen molar-refractivity contribution in [3.05, 3.63) is 59.2 Å². The maximum atomic E-state index is 13.5. The van der Waals surface area contributed by atoms with Crippen LogP contribution in [0.3, 0.4) is 0 Å². The molecule has 0 aliphatic rings. The monoisotopic (exact) mass is 277 g/mol. The molecule has 0 spiro atoms. The van der Waals surface area contributed by atoms with Crippen LogP contribution in [0.25, 0.3) is 0 Å². The highest BCUT2D eigenvalue weighted by atomic mass is 19.1. The number of benzene rings is 2. The topological polar surface area (TPSA) is 21.3 Å². The fourth-order valence-electron chi connectivity index (χ4n) is 1.96. The second kappa shape index (κ2) is 5.90. The molecule has 2 aromatic carbocycles. The predicted octanol–water partition coefficient (Wildman–Crippen LogP) is 4.45. The van der Waals surface area contributed by atoms with Crippen molar-refractivity contribution >= 4 is 5.69 Å². The van der Waals surface area contributed by atoms with Crippen LogP contribution >= 0.6 is 0 Å². The van der Waals surface area contributed by atoms with E-state index in [4.69, 9.17) is 4.74 Å². The third-order valence-corrected chi connectivity index (χ3v) is 3.23. The maximum absolute atomic E-state index is 13.5. The van der Waals surface area contributed by atoms with E-state index in [1.165, 1.54) is 19.2 Å². The van der Waals surface area contributed by atoms with Crippen LogP contribution in [0.4, 0.5) is 14.5 Å². The van der Waals surface area contributed by atoms with Gasteiger partial charge in [-0.05, 0) is 49.2 Å². The average molecular weight is 277 g/mol. The first kappa shape index (κ1) is 14.3. The highest BCUT2D eigenvalue weighted by Gasteiger charge is 2.10. The molecule has 1 N–H and O–H groups in total. The SMILES string of the molecule is COc1cc(C(C)Nc2ccc(C)c(F)c2)ccc1F. The normalized spacial score (nSPS) is 12.1. The van der Waals surface area contributed by atoms with E-state index in [1.807, 2.05) is 13.0 Å². The Labute approximate surface area is 117 Å². The zero-order valence-electron chi connectivity index (χ0n) is 11.7. The van der Waals surface area contributed by atoms with Crippen LogP contribution in [0.2, 0.25) is 0 Å². The minimum atomic E-state index is -0.398. The van der Waals surface area contributed by atoms with Crippen LogP contribution in [0, 0.1) is 18.6 Å². The van der Waals surface area contributed by atoms with E-state index >= 15 is 0 Å². The fourth-order valence-corrected chi connectivity index (χ4v) is 1.96. The van der Waals surface area contributed by atoms with E-state index in [1.54, 1.807) is 25.1 Å². The molecule has 0 bridgehead atoms. The van der Waals surface area contributed by atoms with Gasteiger partial charge in [-0.3, -0.25) is 0 Å². The summed E-state index contributed by atoms with van der Waals surface area (Å²) in [5, 5.41) is 3.18. The van der Waals surface area contributed by atoms with Crippen LogP contribution in [0.5, 0.6) is 5.75 Å². The molecule has 1 atom stereocenters. The van der Waals surface area contributed by atoms with Gasteiger partial charge in [0, 0.05) is 11.7 Å². The van der Waals surface area contributed by atoms with Gasteiger partial charge in [0.25, 0.3) is 0 Å². The standard InChI is InChI=1S/C16H17F2NO/c1-10-4-6-13(9-15(10)18)19-11(2)12-5-7-14(17)16(8-12)20-3/h4-9,11,19H,1-3H3. The first-order valence-electron chi connectivity index (χ1n) is 6.37. The number of anilines is 1. The van der Waals surface area contributed by atoms with Gasteiger partial charge in [-0.25, -0.2) is 8.78 Å². The summed E-state index contributed by atoms with van der Waals surface area (Å²) in [6.07, 6.45) is 0. The maximum Gasteiger partial charge on any atom is 0.165 e. The summed E-state index contributed by atoms with van der Waals surface area (Å²) in [6.45, 7) is 3.64. The lowest BCUT2D eigenvalue weighted by Crippen LogP contribution is -2.07. The van der Waals surface area contributed by atoms with Gasteiger partial charge in [0.2, 0.25) is 0 Å². The van der Waals surface area contributed by atoms with Crippen molar-refractivity contribution in [2.45, 2.75) is 19.9 Å². The van der Waals surface area contributed by atoms with E-state index in [2.05, 4.69) is 5.32 Å². The summed E-state index contributed by atoms with van der Waals surface area (Å²) in [6, 6.07) is 9.57. The lowest BCUT2D eigenvalue weighted by Gasteiger charge is -2.17. The Bertz CT molecular complexity index is 613. The number of halogens is 2. The molecule has 0 heterocycles. The molecule has 4 heteroatoms. The van der Waals surface area contributed by atoms with Crippen molar-refractivity contribution in [1.29, 1.82) is 0 Å². The number of aryl methyl sites for hydroxylation is 1. The molecular formula is C16H17F2NO. The molecule has 0 amide bonds. The summed E-state index contributed by atoms with van der Waals surface area (Å²) in [4.78, 5) is 0. The van der Waals surface area contributed by atoms with Crippen molar-refractivity contribution in [2.24, 2.45) is 0 Å². The summed E-state index contributed by atoms with van der Waals surface area (Å²) >= 11 is 0. The number of ether oxygens (including phenoxy) is 1. The Hall–Kier alpha value is -2.10. The molecule has 0 fully saturated rings. The van der Waals surface area contributed by atoms with Crippen molar-refractivity contribution < 1.29 is 13.5 Å². The molecule has 0 radical (unpaired) electrons. The lowest BCUT2D eigenvalue weighted by molar-refractivity contribution is 0.385. The van der Waals surface area contributed by atoms with Crippen LogP contribution in [0.1, 0.15) is 24.1 Å². The molecule has 106 valence electrons. The molecule has 0 aliphatic heterocycles. The van der Waals surface area contributed by atoms with Crippen molar-refractivity contribution in [3.63, 3.8) is 0 Å². The summed E-state index contributed by atoms with van der Waals surface area (Å²) < 4.78 is 31.8. The van der Waals surface area contributed by atoms with Crippen molar-refractivity contribution in [1.82, 2.24) is 0 Å². The Morgan fingerprint density at radius 1 is 1.05 bits per heavy atom. The van der Waals surface area contributed by atoms with Crippen LogP contribution < -0.4 is 10.1 Å². The van der Waals surface area contributed by atoms with Crippen LogP contribution in [-0.2, 0) is 0 Å². The number of methoxy groups -OCH3 is 1. The molecule has 20 heavy (non-hydrogen) atoms. The molecule has 1 unspecified atom stereocenters. The van der Waals surface area contributed by atoms with Gasteiger partial charge in [-0.2, -0.15) is 0 Å². The van der Waals surface area contributed by atoms with Gasteiger partial charge in [-0.15, -0.1) is 0 Å². The molecule has 2 rings (SSSR count). The summed E-state index contributed by atoms with van der Waals surface area (Å²) in [7, 11) is 1.43. The molecular weight excluding hydrogens is 260 g/mol. The smallest absolute Gasteiger partial charge is 0.165 e. The van der Waals surface area contributed by atoms with Gasteiger partial charge in [-0.1, -0.05) is 12.1 Å². The summed E-state index contributed by atoms with van der Waals surface area (Å²) in [5.41, 5.74) is 2.15. The largest absolute Gasteiger partial charge is 0.494 e. The number of hydrogen-bond donors (Lipinski definition) is 1. The van der Waals surface area contributed by atoms with E-state index in [0.717, 1.165) is 5.56 Å². The number of rotatable bonds is 4. The zero-order chi connectivity index (χ0) is 14.7. The Morgan fingerprint density at radius 2 is 1.80 bits per heavy atom. The van der Waals surface area contributed by atoms with Gasteiger partial charge in [0.1, 0.15) is 5.82 Å². The van der Waals surface area contributed by atoms with Gasteiger partial charge in [0.05, 0.1) is 7.11 Å². The van der Waals surface area contributed by atoms with Gasteiger partial charge < -0.3 is 10.1 Å². The number of hydrogen-bond acceptors (Lipinski definition) is 2. The van der Waals surface area contributed by atoms with Gasteiger partial charge >= 0.3 is 0 Å². The fraction of sp³-hybridized carbons (Fsp3) is 0.250. The van der Waals surface area contributed by atoms with E-state index in [-0.39, 0.29) is 17.6 Å². The quantitative estimate of drug-likeness (QED) is 0.891. The third kappa shape index (κ3) is 3.07. The van der Waals surface area contributed by atoms with E-state index in [0.29, 0.717) is 11.3 Å². The van der Waals surface area contributed by atoms with Crippen LogP contribution in [0.15, 0.2) is 36.4 Å². The Balaban J connectivity index is 2.19. The highest BCUT2D eigenvalue weighted by molar-refractivity contribution is 5.47. The minimum absolute atomic E-state index is 0.0911. The van der Waals surface area contributed by atoms with Crippen molar-refractivity contribution in [2.75, 3.05) is 12.4 Å². The third-order valence-electron chi connectivity index (χ3n) is 3.23. The van der Waals surface area contributed by atoms with Gasteiger partial charge in [0.15, 0.2) is 11.6 Å². The first-order valence-corrected chi connectivity index (χ1v) is 6.37. The first-order chi connectivity index (χ1) is 9.51. The Kier molecular flexibility index (Phi) is 4.23. The second-order valence-corrected chi connectivity index (χ2v) is 4.72. The highest BCUT2D eigenvalue weighted by Crippen LogP contribution is 2.25.